The molecule has 2 aromatic rings. The average molecular weight is 1020 g/mol. The van der Waals surface area contributed by atoms with E-state index in [0.717, 1.165) is 0 Å². The maximum absolute atomic E-state index is 13.5. The summed E-state index contributed by atoms with van der Waals surface area (Å²) in [6.07, 6.45) is 4.94. The molecule has 0 saturated heterocycles. The van der Waals surface area contributed by atoms with Crippen molar-refractivity contribution in [2.45, 2.75) is 122 Å². The Morgan fingerprint density at radius 3 is 1.62 bits per heavy atom. The number of imidazole rings is 2. The zero-order valence-electron chi connectivity index (χ0n) is 39.4. The SMILES string of the molecule is CCC1(C)C[n+]2ccn(CC(=O)N(CC(=O)O)CC(=O)O)c2CN(CCCCC(NC(=O)CCC(NC(=O)NC(CCC(=O)O)C(=O)O)C(=O)O)C(=O)O)Cc2n1cc[n+]2CC(=O)N(CC(=O)O)CC(=O)O. The van der Waals surface area contributed by atoms with Gasteiger partial charge in [-0.15, -0.1) is 0 Å². The van der Waals surface area contributed by atoms with Crippen LogP contribution in [0, 0.1) is 0 Å². The van der Waals surface area contributed by atoms with Crippen LogP contribution in [0.15, 0.2) is 24.8 Å². The summed E-state index contributed by atoms with van der Waals surface area (Å²) in [6, 6.07) is -6.19. The van der Waals surface area contributed by atoms with Gasteiger partial charge in [0.1, 0.15) is 94.3 Å². The van der Waals surface area contributed by atoms with Gasteiger partial charge in [0, 0.05) is 12.8 Å². The number of hydrogen-bond donors (Lipinski definition) is 11. The highest BCUT2D eigenvalue weighted by Crippen LogP contribution is 2.26. The Morgan fingerprint density at radius 2 is 1.12 bits per heavy atom. The van der Waals surface area contributed by atoms with Crippen LogP contribution in [0.2, 0.25) is 0 Å². The van der Waals surface area contributed by atoms with Gasteiger partial charge in [-0.1, -0.05) is 6.92 Å². The number of aliphatic carboxylic acids is 8. The van der Waals surface area contributed by atoms with Crippen LogP contribution in [-0.2, 0) is 91.0 Å². The first kappa shape index (κ1) is 58.1. The number of carboxylic acids is 8. The normalized spacial score (nSPS) is 15.6. The highest BCUT2D eigenvalue weighted by molar-refractivity contribution is 5.88. The van der Waals surface area contributed by atoms with Gasteiger partial charge in [-0.3, -0.25) is 43.3 Å². The fourth-order valence-corrected chi connectivity index (χ4v) is 7.80. The Labute approximate surface area is 409 Å². The van der Waals surface area contributed by atoms with Crippen molar-refractivity contribution in [3.05, 3.63) is 36.4 Å². The number of fused-ring (bicyclic) bond motifs is 2. The highest BCUT2D eigenvalue weighted by Gasteiger charge is 2.41. The van der Waals surface area contributed by atoms with Gasteiger partial charge in [-0.25, -0.2) is 37.4 Å². The molecule has 72 heavy (non-hydrogen) atoms. The minimum Gasteiger partial charge on any atom is -0.481 e. The van der Waals surface area contributed by atoms with Crippen molar-refractivity contribution in [1.29, 1.82) is 0 Å². The Kier molecular flexibility index (Phi) is 21.6. The molecule has 4 unspecified atom stereocenters. The van der Waals surface area contributed by atoms with Gasteiger partial charge >= 0.3 is 53.8 Å². The Bertz CT molecular complexity index is 2350. The third kappa shape index (κ3) is 18.0. The van der Waals surface area contributed by atoms with Crippen molar-refractivity contribution in [3.8, 4) is 0 Å². The quantitative estimate of drug-likeness (QED) is 0.0268. The topological polar surface area (TPSA) is 430 Å². The molecule has 4 atom stereocenters. The molecule has 5 amide bonds. The van der Waals surface area contributed by atoms with E-state index in [2.05, 4.69) is 5.32 Å². The van der Waals surface area contributed by atoms with Crippen LogP contribution in [0.5, 0.6) is 0 Å². The summed E-state index contributed by atoms with van der Waals surface area (Å²) < 4.78 is 6.81. The van der Waals surface area contributed by atoms with Gasteiger partial charge in [-0.05, 0) is 52.0 Å². The molecular formula is C42H60N10O20+2. The zero-order valence-corrected chi connectivity index (χ0v) is 39.4. The Balaban J connectivity index is 1.89. The largest absolute Gasteiger partial charge is 0.481 e. The van der Waals surface area contributed by atoms with Gasteiger partial charge in [0.25, 0.3) is 23.5 Å². The van der Waals surface area contributed by atoms with Crippen LogP contribution in [0.1, 0.15) is 76.9 Å². The number of carbonyl (C=O) groups excluding carboxylic acids is 4. The van der Waals surface area contributed by atoms with Gasteiger partial charge in [-0.2, -0.15) is 0 Å². The lowest BCUT2D eigenvalue weighted by Crippen LogP contribution is -2.52. The molecule has 0 aliphatic carbocycles. The van der Waals surface area contributed by atoms with Gasteiger partial charge in [0.2, 0.25) is 5.91 Å². The van der Waals surface area contributed by atoms with E-state index in [1.807, 2.05) is 38.5 Å². The van der Waals surface area contributed by atoms with Gasteiger partial charge in [0.05, 0.1) is 0 Å². The van der Waals surface area contributed by atoms with E-state index in [1.165, 1.54) is 9.13 Å². The molecule has 0 saturated carbocycles. The van der Waals surface area contributed by atoms with Crippen molar-refractivity contribution in [2.24, 2.45) is 0 Å². The number of nitrogens with one attached hydrogen (secondary N) is 3. The van der Waals surface area contributed by atoms with Gasteiger partial charge in [0.15, 0.2) is 13.1 Å². The molecular weight excluding hydrogens is 965 g/mol. The Morgan fingerprint density at radius 1 is 0.625 bits per heavy atom. The maximum Gasteiger partial charge on any atom is 0.326 e. The lowest BCUT2D eigenvalue weighted by molar-refractivity contribution is -0.715. The molecule has 1 aliphatic rings. The number of amides is 5. The predicted octanol–water partition coefficient (Wildman–Crippen LogP) is -3.41. The molecule has 30 heteroatoms. The molecule has 0 aromatic carbocycles. The number of carbonyl (C=O) groups is 12. The van der Waals surface area contributed by atoms with E-state index in [0.29, 0.717) is 27.9 Å². The standard InChI is InChI=1S/C42H58N10O20/c1-3-42(2)24-49-13-12-47(18-31(54)50(20-34(58)59)21-35(60)61)29(49)16-46(17-30-48(14-15-52(30)42)19-32(55)51(22-36(62)63)23-37(64)65)11-5-4-6-25(38(66)67)43-28(53)9-7-26(39(68)69)44-41(72)45-27(40(70)71)8-10-33(56)57/h12-15,25-27H,3-11,16-24H2,1-2H3,(H9-2,43,44,45,53,56,57,58,59,60,61,62,63,64,65,66,67,68,69,70,71,72)/p+2. The second-order valence-electron chi connectivity index (χ2n) is 17.1. The molecule has 0 radical (unpaired) electrons. The molecule has 11 N–H and O–H groups in total. The van der Waals surface area contributed by atoms with Crippen LogP contribution >= 0.6 is 0 Å². The van der Waals surface area contributed by atoms with E-state index < -0.39 is 160 Å². The molecule has 3 heterocycles. The Hall–Kier alpha value is -8.18. The summed E-state index contributed by atoms with van der Waals surface area (Å²) in [4.78, 5) is 148. The van der Waals surface area contributed by atoms with Crippen LogP contribution in [0.25, 0.3) is 0 Å². The summed E-state index contributed by atoms with van der Waals surface area (Å²) >= 11 is 0. The number of rotatable bonds is 30. The monoisotopic (exact) mass is 1020 g/mol. The average Bonchev–Trinajstić information content (AvgIpc) is 3.85. The lowest BCUT2D eigenvalue weighted by Gasteiger charge is -2.25. The van der Waals surface area contributed by atoms with Crippen molar-refractivity contribution >= 4 is 71.5 Å². The maximum atomic E-state index is 13.5. The minimum atomic E-state index is -1.75. The van der Waals surface area contributed by atoms with E-state index in [1.54, 1.807) is 24.8 Å². The number of hydrogen-bond acceptors (Lipinski definition) is 13. The van der Waals surface area contributed by atoms with Crippen LogP contribution < -0.4 is 25.1 Å². The smallest absolute Gasteiger partial charge is 0.326 e. The predicted molar refractivity (Wildman–Crippen MR) is 235 cm³/mol. The van der Waals surface area contributed by atoms with Crippen molar-refractivity contribution in [1.82, 2.24) is 39.8 Å². The van der Waals surface area contributed by atoms with Crippen molar-refractivity contribution < 1.29 is 108 Å². The van der Waals surface area contributed by atoms with E-state index >= 15 is 0 Å². The fourth-order valence-electron chi connectivity index (χ4n) is 7.80. The number of carboxylic acid groups (broad SMARTS) is 8. The first-order valence-corrected chi connectivity index (χ1v) is 22.3. The first-order chi connectivity index (χ1) is 33.7. The summed E-state index contributed by atoms with van der Waals surface area (Å²) in [6.45, 7) is -0.207. The fraction of sp³-hybridized carbons (Fsp3) is 0.571. The minimum absolute atomic E-state index is 0.0339. The summed E-state index contributed by atoms with van der Waals surface area (Å²) in [5.74, 6) is -13.3. The highest BCUT2D eigenvalue weighted by atomic mass is 16.4. The summed E-state index contributed by atoms with van der Waals surface area (Å²) in [7, 11) is 0. The number of unbranched alkanes of at least 4 members (excludes halogenated alkanes) is 1. The molecule has 396 valence electrons. The molecule has 0 fully saturated rings. The van der Waals surface area contributed by atoms with Crippen LogP contribution in [0.4, 0.5) is 4.79 Å². The first-order valence-electron chi connectivity index (χ1n) is 22.3. The van der Waals surface area contributed by atoms with Crippen LogP contribution in [-0.4, -0.2) is 187 Å². The second kappa shape index (κ2) is 26.7. The van der Waals surface area contributed by atoms with Crippen molar-refractivity contribution in [3.63, 3.8) is 0 Å². The van der Waals surface area contributed by atoms with E-state index in [9.17, 15) is 93.3 Å². The zero-order chi connectivity index (χ0) is 54.0. The number of aromatic nitrogens is 4. The molecule has 0 bridgehead atoms. The molecule has 30 nitrogen and oxygen atoms in total. The molecule has 3 rings (SSSR count). The van der Waals surface area contributed by atoms with E-state index in [4.69, 9.17) is 5.11 Å². The summed E-state index contributed by atoms with van der Waals surface area (Å²) in [5.41, 5.74) is -0.775. The third-order valence-electron chi connectivity index (χ3n) is 11.7. The second-order valence-corrected chi connectivity index (χ2v) is 17.1. The summed E-state index contributed by atoms with van der Waals surface area (Å²) in [5, 5.41) is 81.6. The lowest BCUT2D eigenvalue weighted by atomic mass is 9.98. The molecule has 1 aliphatic heterocycles. The molecule has 0 spiro atoms. The third-order valence-corrected chi connectivity index (χ3v) is 11.7. The number of nitrogens with zero attached hydrogens (tertiary/aromatic N) is 7. The van der Waals surface area contributed by atoms with Gasteiger partial charge < -0.3 is 66.6 Å². The van der Waals surface area contributed by atoms with Crippen molar-refractivity contribution in [2.75, 3.05) is 32.7 Å². The number of urea groups is 1. The van der Waals surface area contributed by atoms with E-state index in [-0.39, 0.29) is 45.4 Å². The molecule has 2 aromatic heterocycles. The van der Waals surface area contributed by atoms with Crippen LogP contribution in [0.3, 0.4) is 0 Å².